The zero-order valence-corrected chi connectivity index (χ0v) is 18.6. The highest BCUT2D eigenvalue weighted by molar-refractivity contribution is 5.81. The molecule has 0 fully saturated rings. The zero-order valence-electron chi connectivity index (χ0n) is 18.6. The van der Waals surface area contributed by atoms with Crippen LogP contribution < -0.4 is 10.1 Å². The topological polar surface area (TPSA) is 73.9 Å². The first kappa shape index (κ1) is 23.8. The summed E-state index contributed by atoms with van der Waals surface area (Å²) in [5.41, 5.74) is 1.46. The highest BCUT2D eigenvalue weighted by Crippen LogP contribution is 2.36. The van der Waals surface area contributed by atoms with Crippen molar-refractivity contribution >= 4 is 12.1 Å². The Hall–Kier alpha value is -2.24. The summed E-state index contributed by atoms with van der Waals surface area (Å²) in [6.07, 6.45) is -1.04. The van der Waals surface area contributed by atoms with E-state index in [1.807, 2.05) is 32.0 Å². The number of carbonyl (C=O) groups is 2. The van der Waals surface area contributed by atoms with Gasteiger partial charge in [0.05, 0.1) is 7.11 Å². The quantitative estimate of drug-likeness (QED) is 0.686. The summed E-state index contributed by atoms with van der Waals surface area (Å²) in [6.45, 7) is 14.9. The molecule has 0 saturated heterocycles. The van der Waals surface area contributed by atoms with Crippen molar-refractivity contribution in [3.63, 3.8) is 0 Å². The normalized spacial score (nSPS) is 14.8. The molecule has 1 aromatic rings. The summed E-state index contributed by atoms with van der Waals surface area (Å²) in [7, 11) is 1.64. The number of hydrogen-bond acceptors (Lipinski definition) is 5. The molecule has 0 aromatic heterocycles. The summed E-state index contributed by atoms with van der Waals surface area (Å²) < 4.78 is 16.4. The second kappa shape index (κ2) is 9.80. The molecule has 0 spiro atoms. The Morgan fingerprint density at radius 1 is 1.07 bits per heavy atom. The van der Waals surface area contributed by atoms with E-state index in [1.54, 1.807) is 34.8 Å². The minimum absolute atomic E-state index is 0.0479. The number of esters is 1. The number of ether oxygens (including phenoxy) is 3. The highest BCUT2D eigenvalue weighted by atomic mass is 16.6. The third-order valence-corrected chi connectivity index (χ3v) is 4.36. The van der Waals surface area contributed by atoms with Crippen LogP contribution in [0.15, 0.2) is 18.2 Å². The van der Waals surface area contributed by atoms with Gasteiger partial charge in [0.25, 0.3) is 0 Å². The molecule has 0 aliphatic heterocycles. The third kappa shape index (κ3) is 7.06. The lowest BCUT2D eigenvalue weighted by molar-refractivity contribution is -0.152. The largest absolute Gasteiger partial charge is 0.496 e. The van der Waals surface area contributed by atoms with E-state index >= 15 is 0 Å². The van der Waals surface area contributed by atoms with Gasteiger partial charge >= 0.3 is 12.1 Å². The van der Waals surface area contributed by atoms with Crippen LogP contribution in [0.25, 0.3) is 0 Å². The minimum atomic E-state index is -0.815. The van der Waals surface area contributed by atoms with E-state index < -0.39 is 29.8 Å². The Morgan fingerprint density at radius 3 is 2.18 bits per heavy atom. The first-order valence-corrected chi connectivity index (χ1v) is 9.70. The number of benzene rings is 1. The van der Waals surface area contributed by atoms with Crippen molar-refractivity contribution in [2.45, 2.75) is 79.1 Å². The number of methoxy groups -OCH3 is 1. The van der Waals surface area contributed by atoms with E-state index in [9.17, 15) is 9.59 Å². The molecule has 6 heteroatoms. The van der Waals surface area contributed by atoms with Crippen molar-refractivity contribution in [1.29, 1.82) is 0 Å². The van der Waals surface area contributed by atoms with Gasteiger partial charge in [-0.25, -0.2) is 9.59 Å². The molecule has 1 amide bonds. The van der Waals surface area contributed by atoms with Gasteiger partial charge in [-0.3, -0.25) is 0 Å². The van der Waals surface area contributed by atoms with Crippen molar-refractivity contribution in [2.24, 2.45) is 5.92 Å². The van der Waals surface area contributed by atoms with Gasteiger partial charge in [-0.05, 0) is 59.1 Å². The predicted molar refractivity (Wildman–Crippen MR) is 110 cm³/mol. The molecular formula is C22H35NO5. The number of carbonyl (C=O) groups excluding carboxylic acids is 2. The fraction of sp³-hybridized carbons (Fsp3) is 0.636. The van der Waals surface area contributed by atoms with Crippen LogP contribution in [0.1, 0.15) is 65.5 Å². The fourth-order valence-corrected chi connectivity index (χ4v) is 3.15. The van der Waals surface area contributed by atoms with Gasteiger partial charge in [-0.1, -0.05) is 26.0 Å². The molecule has 0 heterocycles. The number of amides is 1. The highest BCUT2D eigenvalue weighted by Gasteiger charge is 2.30. The Balaban J connectivity index is 2.88. The third-order valence-electron chi connectivity index (χ3n) is 4.36. The van der Waals surface area contributed by atoms with Crippen LogP contribution in [0.5, 0.6) is 5.75 Å². The molecule has 1 rings (SSSR count). The number of nitrogens with one attached hydrogen (secondary N) is 1. The summed E-state index contributed by atoms with van der Waals surface area (Å²) in [5.74, 6) is 0.443. The lowest BCUT2D eigenvalue weighted by Crippen LogP contribution is -2.43. The van der Waals surface area contributed by atoms with Gasteiger partial charge in [0.15, 0.2) is 0 Å². The van der Waals surface area contributed by atoms with E-state index in [2.05, 4.69) is 19.2 Å². The lowest BCUT2D eigenvalue weighted by atomic mass is 9.83. The zero-order chi connectivity index (χ0) is 21.6. The monoisotopic (exact) mass is 393 g/mol. The molecule has 0 aliphatic rings. The Labute approximate surface area is 168 Å². The molecule has 0 saturated carbocycles. The Morgan fingerprint density at radius 2 is 1.68 bits per heavy atom. The van der Waals surface area contributed by atoms with Gasteiger partial charge in [-0.15, -0.1) is 0 Å². The smallest absolute Gasteiger partial charge is 0.408 e. The average molecular weight is 394 g/mol. The van der Waals surface area contributed by atoms with Crippen LogP contribution in [0, 0.1) is 12.8 Å². The summed E-state index contributed by atoms with van der Waals surface area (Å²) in [6, 6.07) is 5.20. The molecular weight excluding hydrogens is 358 g/mol. The second-order valence-electron chi connectivity index (χ2n) is 8.53. The fourth-order valence-electron chi connectivity index (χ4n) is 3.15. The maximum atomic E-state index is 12.5. The molecule has 28 heavy (non-hydrogen) atoms. The van der Waals surface area contributed by atoms with Gasteiger partial charge < -0.3 is 19.5 Å². The molecule has 1 N–H and O–H groups in total. The van der Waals surface area contributed by atoms with Crippen LogP contribution in [-0.2, 0) is 14.3 Å². The molecule has 0 bridgehead atoms. The van der Waals surface area contributed by atoms with Crippen LogP contribution in [0.3, 0.4) is 0 Å². The molecule has 158 valence electrons. The molecule has 1 aromatic carbocycles. The van der Waals surface area contributed by atoms with Crippen LogP contribution >= 0.6 is 0 Å². The van der Waals surface area contributed by atoms with E-state index in [1.165, 1.54) is 0 Å². The van der Waals surface area contributed by atoms with Crippen LogP contribution in [0.2, 0.25) is 0 Å². The van der Waals surface area contributed by atoms with Crippen LogP contribution in [-0.4, -0.2) is 36.9 Å². The maximum absolute atomic E-state index is 12.5. The molecule has 0 radical (unpaired) electrons. The van der Waals surface area contributed by atoms with Gasteiger partial charge in [-0.2, -0.15) is 0 Å². The predicted octanol–water partition coefficient (Wildman–Crippen LogP) is 4.59. The van der Waals surface area contributed by atoms with Gasteiger partial charge in [0, 0.05) is 11.5 Å². The summed E-state index contributed by atoms with van der Waals surface area (Å²) >= 11 is 0. The minimum Gasteiger partial charge on any atom is -0.496 e. The molecule has 0 aliphatic carbocycles. The average Bonchev–Trinajstić information content (AvgIpc) is 2.53. The summed E-state index contributed by atoms with van der Waals surface area (Å²) in [5, 5.41) is 2.52. The second-order valence-corrected chi connectivity index (χ2v) is 8.53. The lowest BCUT2D eigenvalue weighted by Gasteiger charge is -2.30. The van der Waals surface area contributed by atoms with Crippen molar-refractivity contribution in [3.05, 3.63) is 29.3 Å². The summed E-state index contributed by atoms with van der Waals surface area (Å²) in [4.78, 5) is 24.4. The van der Waals surface area contributed by atoms with E-state index in [-0.39, 0.29) is 11.8 Å². The Bertz CT molecular complexity index is 678. The number of hydrogen-bond donors (Lipinski definition) is 1. The molecule has 6 nitrogen and oxygen atoms in total. The Kier molecular flexibility index (Phi) is 8.33. The SMILES string of the molecule is COc1cc(C)ccc1[C@H](C(C)C)[C@H](C)OC(=O)[C@H](C)NC(=O)OC(C)(C)C. The number of aryl methyl sites for hydroxylation is 1. The van der Waals surface area contributed by atoms with Crippen molar-refractivity contribution in [1.82, 2.24) is 5.32 Å². The number of rotatable bonds is 7. The maximum Gasteiger partial charge on any atom is 0.408 e. The van der Waals surface area contributed by atoms with E-state index in [4.69, 9.17) is 14.2 Å². The van der Waals surface area contributed by atoms with Crippen molar-refractivity contribution < 1.29 is 23.8 Å². The van der Waals surface area contributed by atoms with Crippen LogP contribution in [0.4, 0.5) is 4.79 Å². The first-order chi connectivity index (χ1) is 12.9. The van der Waals surface area contributed by atoms with Crippen molar-refractivity contribution in [3.8, 4) is 5.75 Å². The first-order valence-electron chi connectivity index (χ1n) is 9.70. The van der Waals surface area contributed by atoms with E-state index in [0.29, 0.717) is 0 Å². The van der Waals surface area contributed by atoms with Gasteiger partial charge in [0.1, 0.15) is 23.5 Å². The standard InChI is InChI=1S/C22H35NO5/c1-13(2)19(17-11-10-14(3)12-18(17)26-9)16(5)27-20(24)15(4)23-21(25)28-22(6,7)8/h10-13,15-16,19H,1-9H3,(H,23,25)/t15-,16-,19+/m0/s1. The van der Waals surface area contributed by atoms with Gasteiger partial charge in [0.2, 0.25) is 0 Å². The molecule has 0 unspecified atom stereocenters. The van der Waals surface area contributed by atoms with E-state index in [0.717, 1.165) is 16.9 Å². The van der Waals surface area contributed by atoms with Crippen molar-refractivity contribution in [2.75, 3.05) is 7.11 Å². The number of alkyl carbamates (subject to hydrolysis) is 1. The molecule has 3 atom stereocenters.